The highest BCUT2D eigenvalue weighted by molar-refractivity contribution is 5.70. The summed E-state index contributed by atoms with van der Waals surface area (Å²) in [7, 11) is 2.13. The summed E-state index contributed by atoms with van der Waals surface area (Å²) < 4.78 is 2.26. The zero-order valence-electron chi connectivity index (χ0n) is 12.8. The quantitative estimate of drug-likeness (QED) is 0.607. The molecular formula is C20H20N+. The van der Waals surface area contributed by atoms with Crippen molar-refractivity contribution in [2.24, 2.45) is 7.05 Å². The molecule has 0 radical (unpaired) electrons. The van der Waals surface area contributed by atoms with Gasteiger partial charge in [0.15, 0.2) is 5.69 Å². The number of pyridine rings is 1. The molecule has 0 spiro atoms. The van der Waals surface area contributed by atoms with Crippen LogP contribution in [0.5, 0.6) is 0 Å². The molecule has 1 heterocycles. The average molecular weight is 274 g/mol. The Labute approximate surface area is 126 Å². The number of hydrogen-bond donors (Lipinski definition) is 0. The summed E-state index contributed by atoms with van der Waals surface area (Å²) >= 11 is 0. The van der Waals surface area contributed by atoms with E-state index in [1.807, 2.05) is 0 Å². The van der Waals surface area contributed by atoms with Crippen molar-refractivity contribution in [3.63, 3.8) is 0 Å². The van der Waals surface area contributed by atoms with Gasteiger partial charge in [-0.2, -0.15) is 4.57 Å². The highest BCUT2D eigenvalue weighted by Crippen LogP contribution is 2.26. The van der Waals surface area contributed by atoms with Crippen molar-refractivity contribution in [3.8, 4) is 22.4 Å². The molecule has 21 heavy (non-hydrogen) atoms. The molecule has 0 aliphatic heterocycles. The molecule has 1 nitrogen and oxygen atoms in total. The number of rotatable bonds is 2. The second-order valence-electron chi connectivity index (χ2n) is 5.51. The van der Waals surface area contributed by atoms with Gasteiger partial charge in [0, 0.05) is 24.6 Å². The van der Waals surface area contributed by atoms with Gasteiger partial charge in [-0.05, 0) is 29.7 Å². The minimum absolute atomic E-state index is 1.26. The number of aromatic nitrogens is 1. The summed E-state index contributed by atoms with van der Waals surface area (Å²) in [5, 5.41) is 0. The zero-order chi connectivity index (χ0) is 14.8. The monoisotopic (exact) mass is 274 g/mol. The van der Waals surface area contributed by atoms with E-state index < -0.39 is 0 Å². The van der Waals surface area contributed by atoms with Gasteiger partial charge in [0.25, 0.3) is 0 Å². The maximum Gasteiger partial charge on any atom is 0.213 e. The first-order chi connectivity index (χ1) is 10.2. The fourth-order valence-corrected chi connectivity index (χ4v) is 2.71. The minimum atomic E-state index is 1.26. The fraction of sp³-hybridized carbons (Fsp3) is 0.150. The van der Waals surface area contributed by atoms with E-state index >= 15 is 0 Å². The van der Waals surface area contributed by atoms with E-state index in [1.165, 1.54) is 33.6 Å². The Bertz CT molecular complexity index is 773. The van der Waals surface area contributed by atoms with Gasteiger partial charge in [-0.3, -0.25) is 0 Å². The predicted octanol–water partition coefficient (Wildman–Crippen LogP) is 4.46. The van der Waals surface area contributed by atoms with Crippen LogP contribution in [0.2, 0.25) is 0 Å². The van der Waals surface area contributed by atoms with Gasteiger partial charge in [-0.25, -0.2) is 0 Å². The topological polar surface area (TPSA) is 3.88 Å². The first-order valence-corrected chi connectivity index (χ1v) is 7.29. The Morgan fingerprint density at radius 2 is 1.38 bits per heavy atom. The van der Waals surface area contributed by atoms with Gasteiger partial charge in [0.2, 0.25) is 5.69 Å². The van der Waals surface area contributed by atoms with Crippen LogP contribution in [0, 0.1) is 13.8 Å². The highest BCUT2D eigenvalue weighted by Gasteiger charge is 2.16. The van der Waals surface area contributed by atoms with E-state index in [1.54, 1.807) is 0 Å². The molecular weight excluding hydrogens is 254 g/mol. The summed E-state index contributed by atoms with van der Waals surface area (Å²) in [6.07, 6.45) is 0. The third kappa shape index (κ3) is 2.59. The van der Waals surface area contributed by atoms with Crippen LogP contribution in [0.25, 0.3) is 22.4 Å². The van der Waals surface area contributed by atoms with Crippen LogP contribution in [-0.4, -0.2) is 0 Å². The van der Waals surface area contributed by atoms with Crippen LogP contribution in [0.3, 0.4) is 0 Å². The molecule has 0 N–H and O–H groups in total. The molecule has 1 heteroatoms. The van der Waals surface area contributed by atoms with Gasteiger partial charge in [-0.15, -0.1) is 0 Å². The Kier molecular flexibility index (Phi) is 3.57. The van der Waals surface area contributed by atoms with Crippen LogP contribution in [0.15, 0.2) is 66.7 Å². The van der Waals surface area contributed by atoms with Crippen molar-refractivity contribution < 1.29 is 4.57 Å². The van der Waals surface area contributed by atoms with Gasteiger partial charge in [0.1, 0.15) is 7.05 Å². The van der Waals surface area contributed by atoms with Gasteiger partial charge in [-0.1, -0.05) is 48.5 Å². The van der Waals surface area contributed by atoms with Crippen LogP contribution < -0.4 is 4.57 Å². The molecule has 0 unspecified atom stereocenters. The Morgan fingerprint density at radius 3 is 2.10 bits per heavy atom. The summed E-state index contributed by atoms with van der Waals surface area (Å²) in [5.41, 5.74) is 7.64. The predicted molar refractivity (Wildman–Crippen MR) is 88.0 cm³/mol. The molecule has 0 atom stereocenters. The molecule has 3 rings (SSSR count). The molecule has 0 aliphatic carbocycles. The second kappa shape index (κ2) is 5.53. The van der Waals surface area contributed by atoms with Crippen molar-refractivity contribution in [1.82, 2.24) is 0 Å². The highest BCUT2D eigenvalue weighted by atomic mass is 14.9. The molecule has 0 saturated carbocycles. The Hall–Kier alpha value is -2.41. The van der Waals surface area contributed by atoms with Crippen LogP contribution in [0.4, 0.5) is 0 Å². The number of benzene rings is 2. The second-order valence-corrected chi connectivity index (χ2v) is 5.51. The van der Waals surface area contributed by atoms with E-state index in [-0.39, 0.29) is 0 Å². The maximum atomic E-state index is 2.28. The number of nitrogens with zero attached hydrogens (tertiary/aromatic N) is 1. The first kappa shape index (κ1) is 13.6. The van der Waals surface area contributed by atoms with E-state index in [9.17, 15) is 0 Å². The third-order valence-electron chi connectivity index (χ3n) is 4.08. The van der Waals surface area contributed by atoms with E-state index in [0.717, 1.165) is 0 Å². The van der Waals surface area contributed by atoms with Crippen molar-refractivity contribution in [2.45, 2.75) is 13.8 Å². The summed E-state index contributed by atoms with van der Waals surface area (Å²) in [6, 6.07) is 23.6. The first-order valence-electron chi connectivity index (χ1n) is 7.29. The summed E-state index contributed by atoms with van der Waals surface area (Å²) in [4.78, 5) is 0. The number of aryl methyl sites for hydroxylation is 2. The average Bonchev–Trinajstić information content (AvgIpc) is 2.51. The number of hydrogen-bond acceptors (Lipinski definition) is 0. The lowest BCUT2D eigenvalue weighted by molar-refractivity contribution is -0.666. The molecule has 2 aromatic carbocycles. The summed E-state index contributed by atoms with van der Waals surface area (Å²) in [5.74, 6) is 0. The van der Waals surface area contributed by atoms with Crippen molar-refractivity contribution >= 4 is 0 Å². The zero-order valence-corrected chi connectivity index (χ0v) is 12.8. The lowest BCUT2D eigenvalue weighted by atomic mass is 9.99. The normalized spacial score (nSPS) is 10.6. The molecule has 0 aliphatic rings. The van der Waals surface area contributed by atoms with E-state index in [4.69, 9.17) is 0 Å². The van der Waals surface area contributed by atoms with Gasteiger partial charge in [0.05, 0.1) is 0 Å². The van der Waals surface area contributed by atoms with Crippen molar-refractivity contribution in [1.29, 1.82) is 0 Å². The molecule has 0 bridgehead atoms. The molecule has 104 valence electrons. The van der Waals surface area contributed by atoms with Gasteiger partial charge >= 0.3 is 0 Å². The molecule has 0 fully saturated rings. The molecule has 1 aromatic heterocycles. The lowest BCUT2D eigenvalue weighted by Crippen LogP contribution is -2.34. The van der Waals surface area contributed by atoms with Crippen LogP contribution >= 0.6 is 0 Å². The van der Waals surface area contributed by atoms with E-state index in [0.29, 0.717) is 0 Å². The molecule has 0 amide bonds. The Morgan fingerprint density at radius 1 is 0.714 bits per heavy atom. The molecule has 3 aromatic rings. The van der Waals surface area contributed by atoms with Crippen molar-refractivity contribution in [3.05, 3.63) is 78.0 Å². The van der Waals surface area contributed by atoms with Gasteiger partial charge < -0.3 is 0 Å². The molecule has 0 saturated heterocycles. The van der Waals surface area contributed by atoms with E-state index in [2.05, 4.69) is 92.2 Å². The third-order valence-corrected chi connectivity index (χ3v) is 4.08. The SMILES string of the molecule is Cc1ccccc1-c1cc(-c2ccccc2)cc(C)[n+]1C. The largest absolute Gasteiger partial charge is 0.213 e. The van der Waals surface area contributed by atoms with Crippen LogP contribution in [0.1, 0.15) is 11.3 Å². The lowest BCUT2D eigenvalue weighted by Gasteiger charge is -2.09. The van der Waals surface area contributed by atoms with Crippen LogP contribution in [-0.2, 0) is 7.05 Å². The Balaban J connectivity index is 2.22. The standard InChI is InChI=1S/C20H20N/c1-15-9-7-8-12-19(15)20-14-18(13-16(2)21(20)3)17-10-5-4-6-11-17/h4-14H,1-3H3/q+1. The summed E-state index contributed by atoms with van der Waals surface area (Å²) in [6.45, 7) is 4.33. The smallest absolute Gasteiger partial charge is 0.199 e. The fourth-order valence-electron chi connectivity index (χ4n) is 2.71. The van der Waals surface area contributed by atoms with Crippen molar-refractivity contribution in [2.75, 3.05) is 0 Å². The minimum Gasteiger partial charge on any atom is -0.199 e. The maximum absolute atomic E-state index is 2.28.